The normalized spacial score (nSPS) is 10.9. The number of aryl methyl sites for hydroxylation is 1. The van der Waals surface area contributed by atoms with Gasteiger partial charge in [0.15, 0.2) is 11.4 Å². The molecule has 0 saturated carbocycles. The number of benzene rings is 1. The van der Waals surface area contributed by atoms with Crippen LogP contribution in [0.4, 0.5) is 17.1 Å². The fraction of sp³-hybridized carbons (Fsp3) is 0.294. The van der Waals surface area contributed by atoms with E-state index >= 15 is 0 Å². The van der Waals surface area contributed by atoms with Gasteiger partial charge in [-0.2, -0.15) is 5.26 Å². The Bertz CT molecular complexity index is 1020. The van der Waals surface area contributed by atoms with E-state index < -0.39 is 16.4 Å². The first kappa shape index (κ1) is 19.7. The second kappa shape index (κ2) is 8.20. The maximum Gasteiger partial charge on any atom is 0.296 e. The number of aromatic hydroxyl groups is 1. The molecule has 1 heterocycles. The molecule has 1 aromatic heterocycles. The third kappa shape index (κ3) is 3.99. The van der Waals surface area contributed by atoms with Gasteiger partial charge in [-0.05, 0) is 31.9 Å². The Morgan fingerprint density at radius 2 is 2.04 bits per heavy atom. The summed E-state index contributed by atoms with van der Waals surface area (Å²) < 4.78 is 0.916. The lowest BCUT2D eigenvalue weighted by Gasteiger charge is -2.12. The second-order valence-corrected chi connectivity index (χ2v) is 5.77. The SMILES string of the molecule is Cc1ccc(N=Nc2c(C)c(C#N)c(O)n(CCCO)c2=O)c([N+](=O)[O-])c1. The minimum absolute atomic E-state index is 0.0245. The lowest BCUT2D eigenvalue weighted by molar-refractivity contribution is -0.384. The van der Waals surface area contributed by atoms with Crippen molar-refractivity contribution < 1.29 is 15.1 Å². The van der Waals surface area contributed by atoms with Crippen LogP contribution in [0.2, 0.25) is 0 Å². The van der Waals surface area contributed by atoms with E-state index in [1.807, 2.05) is 0 Å². The maximum absolute atomic E-state index is 12.6. The summed E-state index contributed by atoms with van der Waals surface area (Å²) in [5.41, 5.74) is -0.611. The van der Waals surface area contributed by atoms with E-state index in [-0.39, 0.29) is 47.8 Å². The highest BCUT2D eigenvalue weighted by Gasteiger charge is 2.20. The quantitative estimate of drug-likeness (QED) is 0.452. The number of aliphatic hydroxyl groups is 1. The molecule has 2 rings (SSSR count). The Balaban J connectivity index is 2.63. The molecule has 27 heavy (non-hydrogen) atoms. The third-order valence-corrected chi connectivity index (χ3v) is 3.89. The zero-order valence-electron chi connectivity index (χ0n) is 14.7. The van der Waals surface area contributed by atoms with Crippen LogP contribution >= 0.6 is 0 Å². The van der Waals surface area contributed by atoms with Gasteiger partial charge in [0.1, 0.15) is 11.6 Å². The fourth-order valence-electron chi connectivity index (χ4n) is 2.46. The van der Waals surface area contributed by atoms with Crippen molar-refractivity contribution in [2.45, 2.75) is 26.8 Å². The Hall–Kier alpha value is -3.58. The number of rotatable bonds is 6. The summed E-state index contributed by atoms with van der Waals surface area (Å²) in [5.74, 6) is -0.520. The lowest BCUT2D eigenvalue weighted by atomic mass is 10.1. The van der Waals surface area contributed by atoms with Gasteiger partial charge in [0.05, 0.1) is 4.92 Å². The zero-order chi connectivity index (χ0) is 20.1. The largest absolute Gasteiger partial charge is 0.493 e. The second-order valence-electron chi connectivity index (χ2n) is 5.77. The van der Waals surface area contributed by atoms with Crippen LogP contribution in [0.25, 0.3) is 0 Å². The van der Waals surface area contributed by atoms with Crippen LogP contribution in [-0.2, 0) is 6.54 Å². The molecule has 2 aromatic rings. The number of nitro groups is 1. The summed E-state index contributed by atoms with van der Waals surface area (Å²) in [5, 5.41) is 47.2. The molecule has 0 unspecified atom stereocenters. The predicted octanol–water partition coefficient (Wildman–Crippen LogP) is 2.75. The Labute approximate surface area is 153 Å². The minimum atomic E-state index is -0.712. The van der Waals surface area contributed by atoms with Gasteiger partial charge >= 0.3 is 0 Å². The zero-order valence-corrected chi connectivity index (χ0v) is 14.7. The Morgan fingerprint density at radius 3 is 2.63 bits per heavy atom. The highest BCUT2D eigenvalue weighted by molar-refractivity contribution is 5.60. The van der Waals surface area contributed by atoms with Gasteiger partial charge in [0, 0.05) is 24.8 Å². The Kier molecular flexibility index (Phi) is 5.99. The molecule has 0 radical (unpaired) electrons. The first-order chi connectivity index (χ1) is 12.8. The molecule has 0 aliphatic heterocycles. The van der Waals surface area contributed by atoms with Crippen molar-refractivity contribution in [2.24, 2.45) is 10.2 Å². The van der Waals surface area contributed by atoms with E-state index in [0.717, 1.165) is 4.57 Å². The van der Waals surface area contributed by atoms with E-state index in [9.17, 15) is 25.3 Å². The molecule has 0 amide bonds. The number of pyridine rings is 1. The summed E-state index contributed by atoms with van der Waals surface area (Å²) >= 11 is 0. The van der Waals surface area contributed by atoms with Gasteiger partial charge in [-0.25, -0.2) is 0 Å². The van der Waals surface area contributed by atoms with Crippen molar-refractivity contribution in [2.75, 3.05) is 6.61 Å². The van der Waals surface area contributed by atoms with Crippen LogP contribution in [0, 0.1) is 35.3 Å². The number of nitro benzene ring substituents is 1. The highest BCUT2D eigenvalue weighted by Crippen LogP contribution is 2.31. The van der Waals surface area contributed by atoms with E-state index in [1.165, 1.54) is 19.1 Å². The third-order valence-electron chi connectivity index (χ3n) is 3.89. The van der Waals surface area contributed by atoms with Crippen molar-refractivity contribution in [3.63, 3.8) is 0 Å². The minimum Gasteiger partial charge on any atom is -0.493 e. The molecule has 0 aliphatic carbocycles. The number of azo groups is 1. The first-order valence-corrected chi connectivity index (χ1v) is 7.96. The van der Waals surface area contributed by atoms with E-state index in [4.69, 9.17) is 5.11 Å². The smallest absolute Gasteiger partial charge is 0.296 e. The summed E-state index contributed by atoms with van der Waals surface area (Å²) in [6.07, 6.45) is 0.182. The van der Waals surface area contributed by atoms with Crippen molar-refractivity contribution >= 4 is 17.1 Å². The van der Waals surface area contributed by atoms with E-state index in [1.54, 1.807) is 19.1 Å². The van der Waals surface area contributed by atoms with Crippen LogP contribution in [0.3, 0.4) is 0 Å². The molecule has 1 aromatic carbocycles. The molecule has 140 valence electrons. The molecular formula is C17H17N5O5. The van der Waals surface area contributed by atoms with E-state index in [2.05, 4.69) is 10.2 Å². The van der Waals surface area contributed by atoms with Gasteiger partial charge in [-0.1, -0.05) is 6.07 Å². The van der Waals surface area contributed by atoms with Crippen molar-refractivity contribution in [1.29, 1.82) is 5.26 Å². The summed E-state index contributed by atoms with van der Waals surface area (Å²) in [6, 6.07) is 6.15. The average Bonchev–Trinajstić information content (AvgIpc) is 2.62. The van der Waals surface area contributed by atoms with Crippen LogP contribution in [-0.4, -0.2) is 26.3 Å². The van der Waals surface area contributed by atoms with Crippen molar-refractivity contribution in [3.05, 3.63) is 55.4 Å². The molecule has 0 fully saturated rings. The standard InChI is InChI=1S/C17H17N5O5/c1-10-4-5-13(14(8-10)22(26)27)19-20-15-11(2)12(9-18)16(24)21(17(15)25)6-3-7-23/h4-5,8,23-24H,3,6-7H2,1-2H3. The number of aliphatic hydroxyl groups excluding tert-OH is 1. The molecule has 10 nitrogen and oxygen atoms in total. The number of nitrogens with zero attached hydrogens (tertiary/aromatic N) is 5. The molecule has 0 atom stereocenters. The monoisotopic (exact) mass is 371 g/mol. The highest BCUT2D eigenvalue weighted by atomic mass is 16.6. The van der Waals surface area contributed by atoms with Crippen LogP contribution in [0.1, 0.15) is 23.1 Å². The molecule has 0 aliphatic rings. The van der Waals surface area contributed by atoms with Crippen LogP contribution in [0.5, 0.6) is 5.88 Å². The van der Waals surface area contributed by atoms with Gasteiger partial charge in [0.25, 0.3) is 11.2 Å². The van der Waals surface area contributed by atoms with Gasteiger partial charge in [-0.3, -0.25) is 19.5 Å². The topological polar surface area (TPSA) is 154 Å². The first-order valence-electron chi connectivity index (χ1n) is 7.96. The number of hydrogen-bond acceptors (Lipinski definition) is 8. The molecule has 0 spiro atoms. The van der Waals surface area contributed by atoms with Crippen molar-refractivity contribution in [1.82, 2.24) is 4.57 Å². The molecular weight excluding hydrogens is 354 g/mol. The lowest BCUT2D eigenvalue weighted by Crippen LogP contribution is -2.22. The fourth-order valence-corrected chi connectivity index (χ4v) is 2.46. The van der Waals surface area contributed by atoms with Crippen molar-refractivity contribution in [3.8, 4) is 11.9 Å². The van der Waals surface area contributed by atoms with Crippen LogP contribution in [0.15, 0.2) is 33.2 Å². The number of nitriles is 1. The molecule has 0 saturated heterocycles. The van der Waals surface area contributed by atoms with Gasteiger partial charge < -0.3 is 10.2 Å². The molecule has 2 N–H and O–H groups in total. The maximum atomic E-state index is 12.6. The predicted molar refractivity (Wildman–Crippen MR) is 95.5 cm³/mol. The van der Waals surface area contributed by atoms with Crippen LogP contribution < -0.4 is 5.56 Å². The summed E-state index contributed by atoms with van der Waals surface area (Å²) in [7, 11) is 0. The number of hydrogen-bond donors (Lipinski definition) is 2. The molecule has 0 bridgehead atoms. The van der Waals surface area contributed by atoms with Gasteiger partial charge in [-0.15, -0.1) is 10.2 Å². The van der Waals surface area contributed by atoms with Gasteiger partial charge in [0.2, 0.25) is 5.88 Å². The average molecular weight is 371 g/mol. The van der Waals surface area contributed by atoms with E-state index in [0.29, 0.717) is 5.56 Å². The summed E-state index contributed by atoms with van der Waals surface area (Å²) in [4.78, 5) is 23.2. The Morgan fingerprint density at radius 1 is 1.33 bits per heavy atom. The summed E-state index contributed by atoms with van der Waals surface area (Å²) in [6.45, 7) is 2.88. The molecule has 10 heteroatoms. The number of aromatic nitrogens is 1.